The van der Waals surface area contributed by atoms with Crippen molar-refractivity contribution in [1.82, 2.24) is 9.97 Å². The second-order valence-corrected chi connectivity index (χ2v) is 5.17. The van der Waals surface area contributed by atoms with Crippen molar-refractivity contribution in [2.45, 2.75) is 0 Å². The largest absolute Gasteiger partial charge is 1.00 e. The van der Waals surface area contributed by atoms with Crippen LogP contribution in [0, 0.1) is 0 Å². The standard InChI is InChI=1S/C19H16N2O5.Na/c1-24-15-11-16(21-19(20-15)25-2)26-14-10-6-9-13(17(14)18(22)23)12-7-4-3-5-8-12;/h3-11H,1-2H3,(H,22,23);/q;+1/p-1. The van der Waals surface area contributed by atoms with Crippen LogP contribution >= 0.6 is 0 Å². The zero-order valence-electron chi connectivity index (χ0n) is 15.1. The molecule has 27 heavy (non-hydrogen) atoms. The number of ether oxygens (including phenoxy) is 3. The molecule has 0 atom stereocenters. The number of hydrogen-bond acceptors (Lipinski definition) is 7. The van der Waals surface area contributed by atoms with E-state index in [1.165, 1.54) is 26.4 Å². The molecule has 0 amide bonds. The van der Waals surface area contributed by atoms with Crippen molar-refractivity contribution in [3.05, 3.63) is 60.2 Å². The Balaban J connectivity index is 0.00000261. The maximum atomic E-state index is 11.8. The predicted octanol–water partition coefficient (Wildman–Crippen LogP) is -0.679. The first-order valence-corrected chi connectivity index (χ1v) is 7.67. The third kappa shape index (κ3) is 4.77. The van der Waals surface area contributed by atoms with Crippen LogP contribution in [0.15, 0.2) is 54.6 Å². The van der Waals surface area contributed by atoms with Crippen LogP contribution in [0.5, 0.6) is 23.5 Å². The van der Waals surface area contributed by atoms with E-state index in [1.54, 1.807) is 12.1 Å². The Labute approximate surface area is 178 Å². The van der Waals surface area contributed by atoms with E-state index >= 15 is 0 Å². The number of carboxylic acids is 1. The summed E-state index contributed by atoms with van der Waals surface area (Å²) in [5.74, 6) is -0.955. The van der Waals surface area contributed by atoms with Gasteiger partial charge >= 0.3 is 35.6 Å². The predicted molar refractivity (Wildman–Crippen MR) is 91.4 cm³/mol. The summed E-state index contributed by atoms with van der Waals surface area (Å²) >= 11 is 0. The zero-order chi connectivity index (χ0) is 18.5. The van der Waals surface area contributed by atoms with E-state index in [1.807, 2.05) is 30.3 Å². The third-order valence-corrected chi connectivity index (χ3v) is 3.58. The fourth-order valence-electron chi connectivity index (χ4n) is 2.43. The number of aromatic carboxylic acids is 1. The van der Waals surface area contributed by atoms with Gasteiger partial charge in [-0.05, 0) is 17.2 Å². The normalized spacial score (nSPS) is 9.85. The van der Waals surface area contributed by atoms with Crippen molar-refractivity contribution < 1.29 is 53.7 Å². The summed E-state index contributed by atoms with van der Waals surface area (Å²) in [6, 6.07) is 15.5. The molecule has 1 aromatic heterocycles. The van der Waals surface area contributed by atoms with Crippen LogP contribution in [0.1, 0.15) is 10.4 Å². The molecule has 3 rings (SSSR count). The maximum Gasteiger partial charge on any atom is 1.00 e. The van der Waals surface area contributed by atoms with Crippen molar-refractivity contribution in [2.75, 3.05) is 14.2 Å². The number of rotatable bonds is 6. The van der Waals surface area contributed by atoms with Gasteiger partial charge in [-0.25, -0.2) is 0 Å². The molecule has 0 N–H and O–H groups in total. The van der Waals surface area contributed by atoms with Gasteiger partial charge in [0.2, 0.25) is 11.8 Å². The molecule has 0 fully saturated rings. The molecule has 0 bridgehead atoms. The van der Waals surface area contributed by atoms with Crippen molar-refractivity contribution >= 4 is 5.97 Å². The fourth-order valence-corrected chi connectivity index (χ4v) is 2.43. The second kappa shape index (κ2) is 9.36. The molecule has 0 radical (unpaired) electrons. The number of hydrogen-bond donors (Lipinski definition) is 0. The Hall–Kier alpha value is -2.61. The Bertz CT molecular complexity index is 912. The molecule has 2 aromatic carbocycles. The average molecular weight is 374 g/mol. The number of carbonyl (C=O) groups excluding carboxylic acids is 1. The average Bonchev–Trinajstić information content (AvgIpc) is 2.68. The van der Waals surface area contributed by atoms with Crippen molar-refractivity contribution in [2.24, 2.45) is 0 Å². The second-order valence-electron chi connectivity index (χ2n) is 5.17. The topological polar surface area (TPSA) is 93.6 Å². The molecule has 0 aliphatic carbocycles. The molecule has 8 heteroatoms. The van der Waals surface area contributed by atoms with Crippen LogP contribution < -0.4 is 48.9 Å². The van der Waals surface area contributed by atoms with Crippen LogP contribution in [0.2, 0.25) is 0 Å². The Morgan fingerprint density at radius 1 is 0.926 bits per heavy atom. The van der Waals surface area contributed by atoms with E-state index in [-0.39, 0.29) is 58.6 Å². The summed E-state index contributed by atoms with van der Waals surface area (Å²) in [5, 5.41) is 11.8. The fraction of sp³-hybridized carbons (Fsp3) is 0.105. The summed E-state index contributed by atoms with van der Waals surface area (Å²) in [6.45, 7) is 0. The van der Waals surface area contributed by atoms with Gasteiger partial charge in [0.15, 0.2) is 0 Å². The van der Waals surface area contributed by atoms with Gasteiger partial charge in [-0.2, -0.15) is 9.97 Å². The summed E-state index contributed by atoms with van der Waals surface area (Å²) in [7, 11) is 2.84. The Kier molecular flexibility index (Phi) is 7.18. The van der Waals surface area contributed by atoms with Gasteiger partial charge in [-0.1, -0.05) is 42.5 Å². The van der Waals surface area contributed by atoms with Gasteiger partial charge < -0.3 is 24.1 Å². The molecule has 0 aliphatic heterocycles. The van der Waals surface area contributed by atoms with E-state index < -0.39 is 5.97 Å². The molecule has 0 unspecified atom stereocenters. The maximum absolute atomic E-state index is 11.8. The van der Waals surface area contributed by atoms with Gasteiger partial charge in [0, 0.05) is 5.56 Å². The molecular formula is C19H15N2NaO5. The first-order chi connectivity index (χ1) is 12.6. The third-order valence-electron chi connectivity index (χ3n) is 3.58. The molecule has 0 saturated carbocycles. The molecule has 132 valence electrons. The first-order valence-electron chi connectivity index (χ1n) is 7.67. The van der Waals surface area contributed by atoms with Gasteiger partial charge in [0.25, 0.3) is 0 Å². The number of benzene rings is 2. The number of carboxylic acid groups (broad SMARTS) is 1. The van der Waals surface area contributed by atoms with Crippen LogP contribution in [-0.2, 0) is 0 Å². The quantitative estimate of drug-likeness (QED) is 0.528. The molecular weight excluding hydrogens is 359 g/mol. The van der Waals surface area contributed by atoms with E-state index in [9.17, 15) is 9.90 Å². The molecule has 1 heterocycles. The van der Waals surface area contributed by atoms with Gasteiger partial charge in [0.05, 0.1) is 26.3 Å². The summed E-state index contributed by atoms with van der Waals surface area (Å²) in [6.07, 6.45) is 0. The molecule has 0 aliphatic rings. The molecule has 3 aromatic rings. The summed E-state index contributed by atoms with van der Waals surface area (Å²) in [5.41, 5.74) is 1.14. The molecule has 0 saturated heterocycles. The van der Waals surface area contributed by atoms with E-state index in [2.05, 4.69) is 9.97 Å². The number of carbonyl (C=O) groups is 1. The minimum atomic E-state index is -1.35. The zero-order valence-corrected chi connectivity index (χ0v) is 17.1. The minimum absolute atomic E-state index is 0. The van der Waals surface area contributed by atoms with Gasteiger partial charge in [0.1, 0.15) is 5.75 Å². The smallest absolute Gasteiger partial charge is 0.545 e. The van der Waals surface area contributed by atoms with Crippen molar-refractivity contribution in [3.63, 3.8) is 0 Å². The van der Waals surface area contributed by atoms with Crippen LogP contribution in [0.25, 0.3) is 11.1 Å². The minimum Gasteiger partial charge on any atom is -0.545 e. The number of aromatic nitrogens is 2. The van der Waals surface area contributed by atoms with E-state index in [0.29, 0.717) is 5.56 Å². The van der Waals surface area contributed by atoms with E-state index in [4.69, 9.17) is 14.2 Å². The van der Waals surface area contributed by atoms with Crippen molar-refractivity contribution in [1.29, 1.82) is 0 Å². The van der Waals surface area contributed by atoms with Crippen LogP contribution in [0.4, 0.5) is 0 Å². The molecule has 0 spiro atoms. The molecule has 7 nitrogen and oxygen atoms in total. The number of methoxy groups -OCH3 is 2. The van der Waals surface area contributed by atoms with Crippen LogP contribution in [0.3, 0.4) is 0 Å². The Morgan fingerprint density at radius 2 is 1.63 bits per heavy atom. The summed E-state index contributed by atoms with van der Waals surface area (Å²) in [4.78, 5) is 19.8. The SMILES string of the molecule is COc1cc(Oc2cccc(-c3ccccc3)c2C(=O)[O-])nc(OC)n1.[Na+]. The summed E-state index contributed by atoms with van der Waals surface area (Å²) < 4.78 is 15.7. The monoisotopic (exact) mass is 374 g/mol. The van der Waals surface area contributed by atoms with E-state index in [0.717, 1.165) is 5.56 Å². The number of nitrogens with zero attached hydrogens (tertiary/aromatic N) is 2. The first kappa shape index (κ1) is 20.7. The van der Waals surface area contributed by atoms with Crippen LogP contribution in [-0.4, -0.2) is 30.2 Å². The van der Waals surface area contributed by atoms with Gasteiger partial charge in [-0.3, -0.25) is 0 Å². The van der Waals surface area contributed by atoms with Gasteiger partial charge in [-0.15, -0.1) is 0 Å². The Morgan fingerprint density at radius 3 is 2.26 bits per heavy atom. The van der Waals surface area contributed by atoms with Crippen molar-refractivity contribution in [3.8, 4) is 34.6 Å².